The zero-order chi connectivity index (χ0) is 38.3. The molecule has 0 radical (unpaired) electrons. The second kappa shape index (κ2) is 15.0. The molecule has 0 saturated carbocycles. The lowest BCUT2D eigenvalue weighted by Crippen LogP contribution is -2.50. The maximum absolute atomic E-state index is 13.4. The molecule has 1 aromatic carbocycles. The largest absolute Gasteiger partial charge is 0.465 e. The molecule has 2 fully saturated rings. The molecule has 17 heteroatoms. The molecule has 6 heterocycles. The van der Waals surface area contributed by atoms with Crippen molar-refractivity contribution in [3.63, 3.8) is 0 Å². The molecule has 1 unspecified atom stereocenters. The predicted molar refractivity (Wildman–Crippen MR) is 201 cm³/mol. The second-order valence-corrected chi connectivity index (χ2v) is 15.6. The molecule has 2 aliphatic heterocycles. The van der Waals surface area contributed by atoms with Gasteiger partial charge in [-0.3, -0.25) is 14.0 Å². The van der Waals surface area contributed by atoms with Crippen molar-refractivity contribution < 1.29 is 29.4 Å². The molecular weight excluding hydrogens is 713 g/mol. The van der Waals surface area contributed by atoms with Crippen molar-refractivity contribution in [3.8, 4) is 33.1 Å². The molecule has 0 spiro atoms. The number of aromatic nitrogens is 6. The number of nitrogens with zero attached hydrogens (tertiary/aromatic N) is 6. The first-order chi connectivity index (χ1) is 25.9. The van der Waals surface area contributed by atoms with Gasteiger partial charge in [0.25, 0.3) is 0 Å². The Kier molecular flexibility index (Phi) is 10.2. The van der Waals surface area contributed by atoms with Crippen LogP contribution in [-0.2, 0) is 9.59 Å². The van der Waals surface area contributed by atoms with E-state index in [9.17, 15) is 29.4 Å². The highest BCUT2D eigenvalue weighted by molar-refractivity contribution is 7.20. The van der Waals surface area contributed by atoms with Crippen molar-refractivity contribution in [2.45, 2.75) is 77.5 Å². The third-order valence-corrected chi connectivity index (χ3v) is 11.3. The first-order valence-electron chi connectivity index (χ1n) is 18.2. The Labute approximate surface area is 315 Å². The van der Waals surface area contributed by atoms with Gasteiger partial charge in [0.1, 0.15) is 23.7 Å². The first kappa shape index (κ1) is 36.6. The summed E-state index contributed by atoms with van der Waals surface area (Å²) in [5, 5.41) is 23.3. The summed E-state index contributed by atoms with van der Waals surface area (Å²) in [6.45, 7) is 8.38. The van der Waals surface area contributed by atoms with Gasteiger partial charge in [0, 0.05) is 31.0 Å². The molecule has 4 amide bonds. The third kappa shape index (κ3) is 7.27. The van der Waals surface area contributed by atoms with Crippen molar-refractivity contribution in [3.05, 3.63) is 60.7 Å². The molecule has 2 aliphatic rings. The minimum atomic E-state index is -1.22. The number of nitrogens with one attached hydrogen (secondary N) is 4. The Balaban J connectivity index is 1.02. The van der Waals surface area contributed by atoms with E-state index in [0.717, 1.165) is 63.7 Å². The molecule has 2 saturated heterocycles. The lowest BCUT2D eigenvalue weighted by atomic mass is 10.0. The number of imidazole rings is 3. The summed E-state index contributed by atoms with van der Waals surface area (Å²) >= 11 is 1.52. The second-order valence-electron chi connectivity index (χ2n) is 14.6. The number of H-pyrrole nitrogens is 2. The molecular formula is C37H44N10O6S. The fourth-order valence-electron chi connectivity index (χ4n) is 7.44. The fraction of sp³-hybridized carbons (Fsp3) is 0.432. The Bertz CT molecular complexity index is 2140. The summed E-state index contributed by atoms with van der Waals surface area (Å²) < 4.78 is 1.98. The van der Waals surface area contributed by atoms with Gasteiger partial charge in [-0.15, -0.1) is 0 Å². The Morgan fingerprint density at radius 3 is 1.76 bits per heavy atom. The number of carbonyl (C=O) groups is 4. The van der Waals surface area contributed by atoms with E-state index in [1.54, 1.807) is 22.2 Å². The summed E-state index contributed by atoms with van der Waals surface area (Å²) in [6, 6.07) is 5.84. The van der Waals surface area contributed by atoms with E-state index in [0.29, 0.717) is 24.7 Å². The van der Waals surface area contributed by atoms with Crippen LogP contribution < -0.4 is 10.6 Å². The van der Waals surface area contributed by atoms with Gasteiger partial charge >= 0.3 is 12.2 Å². The quantitative estimate of drug-likeness (QED) is 0.0966. The average Bonchev–Trinajstić information content (AvgIpc) is 3.98. The standard InChI is InChI=1S/C37H44N10O6S/c1-19(2)29(43-36(50)51)33(48)46-13-5-7-26(46)31-38-15-23(40-31)21-9-11-22(12-10-21)25-17-45-18-28(54-35(45)42-25)24-16-39-32(41-24)27-8-6-14-47(27)34(49)30(20(3)4)44-37(52)53/h9-12,15-20,26-27,29-30,43-44H,5-8,13-14H2,1-4H3,(H,38,40)(H,39,41)(H,50,51)(H,52,53)/t26-,27?,29-,30-/m0/s1. The topological polar surface area (TPSA) is 214 Å². The van der Waals surface area contributed by atoms with Crippen LogP contribution in [0.25, 0.3) is 38.0 Å². The Morgan fingerprint density at radius 2 is 1.26 bits per heavy atom. The number of rotatable bonds is 11. The van der Waals surface area contributed by atoms with Gasteiger partial charge in [-0.2, -0.15) is 0 Å². The van der Waals surface area contributed by atoms with Crippen LogP contribution in [0.5, 0.6) is 0 Å². The maximum atomic E-state index is 13.4. The number of likely N-dealkylation sites (tertiary alicyclic amines) is 2. The number of hydrogen-bond donors (Lipinski definition) is 6. The molecule has 6 N–H and O–H groups in total. The number of carbonyl (C=O) groups excluding carboxylic acids is 2. The van der Waals surface area contributed by atoms with E-state index < -0.39 is 24.3 Å². The van der Waals surface area contributed by atoms with Crippen LogP contribution in [0.1, 0.15) is 77.1 Å². The van der Waals surface area contributed by atoms with E-state index in [4.69, 9.17) is 4.98 Å². The van der Waals surface area contributed by atoms with Crippen LogP contribution in [0.2, 0.25) is 0 Å². The summed E-state index contributed by atoms with van der Waals surface area (Å²) in [4.78, 5) is 75.5. The van der Waals surface area contributed by atoms with Crippen molar-refractivity contribution >= 4 is 40.3 Å². The fourth-order valence-corrected chi connectivity index (χ4v) is 8.38. The van der Waals surface area contributed by atoms with E-state index >= 15 is 0 Å². The Hall–Kier alpha value is -5.71. The van der Waals surface area contributed by atoms with Crippen molar-refractivity contribution in [1.29, 1.82) is 0 Å². The van der Waals surface area contributed by atoms with Gasteiger partial charge in [-0.05, 0) is 43.1 Å². The van der Waals surface area contributed by atoms with Crippen molar-refractivity contribution in [2.24, 2.45) is 11.8 Å². The number of aromatic amines is 2. The average molecular weight is 757 g/mol. The highest BCUT2D eigenvalue weighted by atomic mass is 32.1. The van der Waals surface area contributed by atoms with E-state index in [-0.39, 0.29) is 35.7 Å². The van der Waals surface area contributed by atoms with Gasteiger partial charge in [0.15, 0.2) is 4.96 Å². The van der Waals surface area contributed by atoms with Crippen LogP contribution in [0.15, 0.2) is 49.1 Å². The number of hydrogen-bond acceptors (Lipinski definition) is 8. The Morgan fingerprint density at radius 1 is 0.759 bits per heavy atom. The van der Waals surface area contributed by atoms with Crippen LogP contribution >= 0.6 is 11.3 Å². The molecule has 16 nitrogen and oxygen atoms in total. The van der Waals surface area contributed by atoms with E-state index in [1.165, 1.54) is 11.3 Å². The molecule has 4 aromatic heterocycles. The van der Waals surface area contributed by atoms with Crippen molar-refractivity contribution in [2.75, 3.05) is 13.1 Å². The van der Waals surface area contributed by atoms with Crippen LogP contribution in [-0.4, -0.2) is 98.5 Å². The molecule has 5 aromatic rings. The van der Waals surface area contributed by atoms with E-state index in [1.807, 2.05) is 68.8 Å². The lowest BCUT2D eigenvalue weighted by Gasteiger charge is -2.29. The summed E-state index contributed by atoms with van der Waals surface area (Å²) in [7, 11) is 0. The molecule has 284 valence electrons. The molecule has 0 bridgehead atoms. The van der Waals surface area contributed by atoms with Gasteiger partial charge in [-0.25, -0.2) is 24.5 Å². The van der Waals surface area contributed by atoms with Crippen LogP contribution in [0.3, 0.4) is 0 Å². The van der Waals surface area contributed by atoms with Gasteiger partial charge in [0.05, 0.1) is 46.4 Å². The summed E-state index contributed by atoms with van der Waals surface area (Å²) in [5.41, 5.74) is 4.33. The number of fused-ring (bicyclic) bond motifs is 1. The lowest BCUT2D eigenvalue weighted by molar-refractivity contribution is -0.136. The zero-order valence-corrected chi connectivity index (χ0v) is 31.3. The number of thiazole rings is 1. The number of carboxylic acid groups (broad SMARTS) is 2. The normalized spacial score (nSPS) is 18.5. The molecule has 7 rings (SSSR count). The predicted octanol–water partition coefficient (Wildman–Crippen LogP) is 5.75. The highest BCUT2D eigenvalue weighted by Crippen LogP contribution is 2.36. The molecule has 0 aliphatic carbocycles. The smallest absolute Gasteiger partial charge is 0.405 e. The van der Waals surface area contributed by atoms with Gasteiger partial charge in [0.2, 0.25) is 11.8 Å². The zero-order valence-electron chi connectivity index (χ0n) is 30.4. The van der Waals surface area contributed by atoms with E-state index in [2.05, 4.69) is 30.6 Å². The molecule has 4 atom stereocenters. The number of amides is 4. The SMILES string of the molecule is CC(C)[C@H](NC(=O)O)C(=O)N1CCCC1c1ncc(-c2cn3cc(-c4ccc(-c5cnc([C@@H]6CCCN6C(=O)[C@@H](NC(=O)O)C(C)C)[nH]5)cc4)nc3s2)[nH]1. The maximum Gasteiger partial charge on any atom is 0.405 e. The van der Waals surface area contributed by atoms with Gasteiger partial charge < -0.3 is 40.6 Å². The highest BCUT2D eigenvalue weighted by Gasteiger charge is 2.39. The van der Waals surface area contributed by atoms with Crippen LogP contribution in [0, 0.1) is 11.8 Å². The summed E-state index contributed by atoms with van der Waals surface area (Å²) in [6.07, 6.45) is 8.15. The van der Waals surface area contributed by atoms with Crippen LogP contribution in [0.4, 0.5) is 9.59 Å². The third-order valence-electron chi connectivity index (χ3n) is 10.2. The van der Waals surface area contributed by atoms with Gasteiger partial charge in [-0.1, -0.05) is 63.3 Å². The molecule has 54 heavy (non-hydrogen) atoms. The minimum Gasteiger partial charge on any atom is -0.465 e. The number of benzene rings is 1. The first-order valence-corrected chi connectivity index (χ1v) is 19.0. The summed E-state index contributed by atoms with van der Waals surface area (Å²) in [5.74, 6) is 0.481. The monoisotopic (exact) mass is 756 g/mol. The minimum absolute atomic E-state index is 0.193. The van der Waals surface area contributed by atoms with Crippen molar-refractivity contribution in [1.82, 2.24) is 49.8 Å².